The highest BCUT2D eigenvalue weighted by Gasteiger charge is 2.28. The van der Waals surface area contributed by atoms with Crippen molar-refractivity contribution in [3.05, 3.63) is 34.9 Å². The van der Waals surface area contributed by atoms with Crippen LogP contribution in [0.4, 0.5) is 0 Å². The smallest absolute Gasteiger partial charge is 0.0441 e. The van der Waals surface area contributed by atoms with Crippen LogP contribution in [0.15, 0.2) is 24.3 Å². The minimum atomic E-state index is 0.610. The van der Waals surface area contributed by atoms with Crippen molar-refractivity contribution in [1.29, 1.82) is 0 Å². The summed E-state index contributed by atoms with van der Waals surface area (Å²) in [7, 11) is 0. The van der Waals surface area contributed by atoms with E-state index in [0.29, 0.717) is 5.92 Å². The van der Waals surface area contributed by atoms with Crippen LogP contribution in [0.2, 0.25) is 5.02 Å². The summed E-state index contributed by atoms with van der Waals surface area (Å²) in [6, 6.07) is 8.26. The molecule has 2 unspecified atom stereocenters. The predicted molar refractivity (Wildman–Crippen MR) is 65.5 cm³/mol. The first-order valence-corrected chi connectivity index (χ1v) is 6.16. The number of hydrogen-bond donors (Lipinski definition) is 1. The second-order valence-corrected chi connectivity index (χ2v) is 4.74. The van der Waals surface area contributed by atoms with E-state index in [9.17, 15) is 0 Å². The molecule has 0 aliphatic carbocycles. The van der Waals surface area contributed by atoms with Crippen LogP contribution in [0.5, 0.6) is 0 Å². The Morgan fingerprint density at radius 3 is 2.87 bits per heavy atom. The van der Waals surface area contributed by atoms with Crippen molar-refractivity contribution in [2.75, 3.05) is 13.1 Å². The molecule has 2 atom stereocenters. The van der Waals surface area contributed by atoms with Gasteiger partial charge in [0.15, 0.2) is 0 Å². The molecule has 2 rings (SSSR count). The Labute approximate surface area is 96.8 Å². The van der Waals surface area contributed by atoms with Crippen molar-refractivity contribution in [1.82, 2.24) is 5.32 Å². The molecule has 2 heteroatoms. The van der Waals surface area contributed by atoms with Crippen molar-refractivity contribution in [2.24, 2.45) is 5.92 Å². The van der Waals surface area contributed by atoms with Gasteiger partial charge in [-0.25, -0.2) is 0 Å². The van der Waals surface area contributed by atoms with Crippen molar-refractivity contribution in [2.45, 2.75) is 25.7 Å². The molecule has 0 aromatic heterocycles. The lowest BCUT2D eigenvalue weighted by Crippen LogP contribution is -2.10. The summed E-state index contributed by atoms with van der Waals surface area (Å²) < 4.78 is 0. The molecule has 0 bridgehead atoms. The van der Waals surface area contributed by atoms with Crippen LogP contribution < -0.4 is 5.32 Å². The summed E-state index contributed by atoms with van der Waals surface area (Å²) in [6.07, 6.45) is 2.55. The number of hydrogen-bond acceptors (Lipinski definition) is 1. The lowest BCUT2D eigenvalue weighted by molar-refractivity contribution is 0.474. The molecule has 1 aromatic carbocycles. The van der Waals surface area contributed by atoms with Gasteiger partial charge >= 0.3 is 0 Å². The maximum atomic E-state index is 6.24. The van der Waals surface area contributed by atoms with Gasteiger partial charge in [0.2, 0.25) is 0 Å². The Bertz CT molecular complexity index is 324. The first-order chi connectivity index (χ1) is 7.33. The summed E-state index contributed by atoms with van der Waals surface area (Å²) >= 11 is 6.24. The molecule has 0 spiro atoms. The SMILES string of the molecule is CCCC1CNCC1c1ccccc1Cl. The van der Waals surface area contributed by atoms with Crippen LogP contribution in [-0.4, -0.2) is 13.1 Å². The maximum absolute atomic E-state index is 6.24. The molecular weight excluding hydrogens is 206 g/mol. The van der Waals surface area contributed by atoms with E-state index < -0.39 is 0 Å². The van der Waals surface area contributed by atoms with Crippen molar-refractivity contribution < 1.29 is 0 Å². The van der Waals surface area contributed by atoms with E-state index in [1.807, 2.05) is 12.1 Å². The third-order valence-electron chi connectivity index (χ3n) is 3.30. The average molecular weight is 224 g/mol. The predicted octanol–water partition coefficient (Wildman–Crippen LogP) is 3.44. The summed E-state index contributed by atoms with van der Waals surface area (Å²) in [5.74, 6) is 1.37. The molecule has 1 nitrogen and oxygen atoms in total. The third kappa shape index (κ3) is 2.35. The highest BCUT2D eigenvalue weighted by atomic mass is 35.5. The van der Waals surface area contributed by atoms with E-state index in [0.717, 1.165) is 24.0 Å². The Morgan fingerprint density at radius 2 is 2.13 bits per heavy atom. The molecular formula is C13H18ClN. The van der Waals surface area contributed by atoms with E-state index in [4.69, 9.17) is 11.6 Å². The zero-order valence-electron chi connectivity index (χ0n) is 9.17. The first-order valence-electron chi connectivity index (χ1n) is 5.78. The lowest BCUT2D eigenvalue weighted by atomic mass is 9.86. The Balaban J connectivity index is 2.19. The molecule has 1 fully saturated rings. The monoisotopic (exact) mass is 223 g/mol. The molecule has 15 heavy (non-hydrogen) atoms. The van der Waals surface area contributed by atoms with Gasteiger partial charge in [-0.05, 0) is 30.5 Å². The highest BCUT2D eigenvalue weighted by Crippen LogP contribution is 2.34. The molecule has 1 saturated heterocycles. The van der Waals surface area contributed by atoms with Gasteiger partial charge in [-0.2, -0.15) is 0 Å². The normalized spacial score (nSPS) is 25.7. The van der Waals surface area contributed by atoms with Crippen LogP contribution in [0.1, 0.15) is 31.2 Å². The maximum Gasteiger partial charge on any atom is 0.0441 e. The lowest BCUT2D eigenvalue weighted by Gasteiger charge is -2.19. The zero-order valence-corrected chi connectivity index (χ0v) is 9.93. The topological polar surface area (TPSA) is 12.0 Å². The van der Waals surface area contributed by atoms with Crippen molar-refractivity contribution in [3.8, 4) is 0 Å². The van der Waals surface area contributed by atoms with Crippen molar-refractivity contribution in [3.63, 3.8) is 0 Å². The molecule has 0 amide bonds. The fourth-order valence-electron chi connectivity index (χ4n) is 2.55. The molecule has 0 radical (unpaired) electrons. The number of benzene rings is 1. The van der Waals surface area contributed by atoms with E-state index in [2.05, 4.69) is 24.4 Å². The summed E-state index contributed by atoms with van der Waals surface area (Å²) in [6.45, 7) is 4.47. The van der Waals surface area contributed by atoms with Gasteiger partial charge in [-0.15, -0.1) is 0 Å². The molecule has 0 saturated carbocycles. The molecule has 1 N–H and O–H groups in total. The quantitative estimate of drug-likeness (QED) is 0.828. The van der Waals surface area contributed by atoms with Gasteiger partial charge in [0.25, 0.3) is 0 Å². The minimum Gasteiger partial charge on any atom is -0.316 e. The Hall–Kier alpha value is -0.530. The molecule has 1 aliphatic rings. The van der Waals surface area contributed by atoms with Gasteiger partial charge in [0, 0.05) is 17.5 Å². The van der Waals surface area contributed by atoms with Gasteiger partial charge in [0.05, 0.1) is 0 Å². The Kier molecular flexibility index (Phi) is 3.66. The van der Waals surface area contributed by atoms with Crippen LogP contribution in [-0.2, 0) is 0 Å². The Morgan fingerprint density at radius 1 is 1.33 bits per heavy atom. The average Bonchev–Trinajstić information content (AvgIpc) is 2.67. The summed E-state index contributed by atoms with van der Waals surface area (Å²) in [4.78, 5) is 0. The van der Waals surface area contributed by atoms with E-state index in [1.165, 1.54) is 18.4 Å². The van der Waals surface area contributed by atoms with Gasteiger partial charge in [-0.3, -0.25) is 0 Å². The van der Waals surface area contributed by atoms with Gasteiger partial charge < -0.3 is 5.32 Å². The van der Waals surface area contributed by atoms with Crippen molar-refractivity contribution >= 4 is 11.6 Å². The fourth-order valence-corrected chi connectivity index (χ4v) is 2.82. The number of rotatable bonds is 3. The highest BCUT2D eigenvalue weighted by molar-refractivity contribution is 6.31. The van der Waals surface area contributed by atoms with Crippen LogP contribution in [0.3, 0.4) is 0 Å². The number of halogens is 1. The second-order valence-electron chi connectivity index (χ2n) is 4.34. The first kappa shape index (κ1) is 11.0. The minimum absolute atomic E-state index is 0.610. The van der Waals surface area contributed by atoms with Crippen LogP contribution in [0.25, 0.3) is 0 Å². The number of nitrogens with one attached hydrogen (secondary N) is 1. The summed E-state index contributed by atoms with van der Waals surface area (Å²) in [5.41, 5.74) is 1.32. The molecule has 82 valence electrons. The van der Waals surface area contributed by atoms with E-state index in [1.54, 1.807) is 0 Å². The fraction of sp³-hybridized carbons (Fsp3) is 0.538. The molecule has 1 aromatic rings. The van der Waals surface area contributed by atoms with Gasteiger partial charge in [0.1, 0.15) is 0 Å². The molecule has 1 heterocycles. The third-order valence-corrected chi connectivity index (χ3v) is 3.65. The van der Waals surface area contributed by atoms with E-state index in [-0.39, 0.29) is 0 Å². The van der Waals surface area contributed by atoms with Gasteiger partial charge in [-0.1, -0.05) is 43.1 Å². The summed E-state index contributed by atoms with van der Waals surface area (Å²) in [5, 5.41) is 4.40. The van der Waals surface area contributed by atoms with E-state index >= 15 is 0 Å². The largest absolute Gasteiger partial charge is 0.316 e. The second kappa shape index (κ2) is 5.00. The molecule has 1 aliphatic heterocycles. The standard InChI is InChI=1S/C13H18ClN/c1-2-5-10-8-15-9-12(10)11-6-3-4-7-13(11)14/h3-4,6-7,10,12,15H,2,5,8-9H2,1H3. The van der Waals surface area contributed by atoms with Crippen LogP contribution in [0, 0.1) is 5.92 Å². The zero-order chi connectivity index (χ0) is 10.7. The van der Waals surface area contributed by atoms with Crippen LogP contribution >= 0.6 is 11.6 Å².